The van der Waals surface area contributed by atoms with Crippen LogP contribution in [0, 0.1) is 19.8 Å². The molecule has 3 amide bonds. The number of piperidine rings is 1. The van der Waals surface area contributed by atoms with Crippen LogP contribution in [0.5, 0.6) is 0 Å². The second kappa shape index (κ2) is 8.40. The van der Waals surface area contributed by atoms with Gasteiger partial charge in [0.15, 0.2) is 0 Å². The summed E-state index contributed by atoms with van der Waals surface area (Å²) >= 11 is 0. The van der Waals surface area contributed by atoms with Crippen LogP contribution in [0.2, 0.25) is 0 Å². The Balaban J connectivity index is 1.38. The van der Waals surface area contributed by atoms with Crippen LogP contribution in [0.15, 0.2) is 48.5 Å². The van der Waals surface area contributed by atoms with E-state index in [1.165, 1.54) is 4.90 Å². The molecule has 156 valence electrons. The Hall–Kier alpha value is -2.99. The van der Waals surface area contributed by atoms with Gasteiger partial charge in [-0.15, -0.1) is 0 Å². The highest BCUT2D eigenvalue weighted by Gasteiger charge is 2.44. The van der Waals surface area contributed by atoms with Crippen LogP contribution in [0.25, 0.3) is 0 Å². The number of nitrogens with zero attached hydrogens (tertiary/aromatic N) is 2. The number of hydrogen-bond donors (Lipinski definition) is 1. The highest BCUT2D eigenvalue weighted by molar-refractivity contribution is 6.22. The van der Waals surface area contributed by atoms with E-state index in [9.17, 15) is 14.4 Å². The molecule has 2 saturated heterocycles. The number of hydrogen-bond acceptors (Lipinski definition) is 4. The first-order chi connectivity index (χ1) is 14.4. The Morgan fingerprint density at radius 1 is 1.00 bits per heavy atom. The number of nitrogens with one attached hydrogen (secondary N) is 1. The minimum Gasteiger partial charge on any atom is -0.326 e. The molecule has 0 saturated carbocycles. The van der Waals surface area contributed by atoms with E-state index in [1.54, 1.807) is 0 Å². The zero-order valence-corrected chi connectivity index (χ0v) is 17.4. The molecule has 0 radical (unpaired) electrons. The summed E-state index contributed by atoms with van der Waals surface area (Å²) in [6, 6.07) is 14.8. The van der Waals surface area contributed by atoms with Crippen LogP contribution in [-0.2, 0) is 14.4 Å². The van der Waals surface area contributed by atoms with Gasteiger partial charge in [-0.3, -0.25) is 19.3 Å². The van der Waals surface area contributed by atoms with Crippen LogP contribution in [0.4, 0.5) is 11.4 Å². The van der Waals surface area contributed by atoms with Crippen molar-refractivity contribution in [3.8, 4) is 0 Å². The molecule has 6 heteroatoms. The standard InChI is InChI=1S/C24H27N3O3/c1-16-8-9-20(17(2)14-16)27-22(28)15-21(24(27)30)26-12-10-18(11-13-26)23(29)25-19-6-4-3-5-7-19/h3-9,14,18,21H,10-13,15H2,1-2H3,(H,25,29). The number of aryl methyl sites for hydroxylation is 2. The van der Waals surface area contributed by atoms with Crippen molar-refractivity contribution in [2.75, 3.05) is 23.3 Å². The molecule has 2 aliphatic rings. The topological polar surface area (TPSA) is 69.7 Å². The summed E-state index contributed by atoms with van der Waals surface area (Å²) in [5.41, 5.74) is 3.50. The van der Waals surface area contributed by atoms with Gasteiger partial charge in [-0.05, 0) is 63.5 Å². The van der Waals surface area contributed by atoms with E-state index in [1.807, 2.05) is 62.4 Å². The fourth-order valence-corrected chi connectivity index (χ4v) is 4.45. The van der Waals surface area contributed by atoms with Crippen LogP contribution >= 0.6 is 0 Å². The fourth-order valence-electron chi connectivity index (χ4n) is 4.45. The van der Waals surface area contributed by atoms with E-state index in [2.05, 4.69) is 10.2 Å². The highest BCUT2D eigenvalue weighted by Crippen LogP contribution is 2.31. The predicted octanol–water partition coefficient (Wildman–Crippen LogP) is 3.29. The zero-order chi connectivity index (χ0) is 21.3. The molecule has 0 aliphatic carbocycles. The van der Waals surface area contributed by atoms with E-state index in [0.717, 1.165) is 16.8 Å². The molecule has 4 rings (SSSR count). The minimum absolute atomic E-state index is 0.0200. The van der Waals surface area contributed by atoms with Gasteiger partial charge in [0.25, 0.3) is 5.91 Å². The van der Waals surface area contributed by atoms with E-state index in [0.29, 0.717) is 31.6 Å². The number of para-hydroxylation sites is 1. The number of carbonyl (C=O) groups excluding carboxylic acids is 3. The van der Waals surface area contributed by atoms with Crippen molar-refractivity contribution in [2.24, 2.45) is 5.92 Å². The first kappa shape index (κ1) is 20.3. The van der Waals surface area contributed by atoms with Gasteiger partial charge in [-0.2, -0.15) is 0 Å². The van der Waals surface area contributed by atoms with Crippen molar-refractivity contribution < 1.29 is 14.4 Å². The van der Waals surface area contributed by atoms with Gasteiger partial charge < -0.3 is 5.32 Å². The lowest BCUT2D eigenvalue weighted by atomic mass is 9.94. The second-order valence-corrected chi connectivity index (χ2v) is 8.24. The average molecular weight is 405 g/mol. The summed E-state index contributed by atoms with van der Waals surface area (Å²) in [6.07, 6.45) is 1.56. The number of rotatable bonds is 4. The Bertz CT molecular complexity index is 965. The van der Waals surface area contributed by atoms with Gasteiger partial charge in [-0.25, -0.2) is 4.90 Å². The van der Waals surface area contributed by atoms with E-state index < -0.39 is 6.04 Å². The second-order valence-electron chi connectivity index (χ2n) is 8.24. The highest BCUT2D eigenvalue weighted by atomic mass is 16.2. The summed E-state index contributed by atoms with van der Waals surface area (Å²) in [5, 5.41) is 2.96. The lowest BCUT2D eigenvalue weighted by Gasteiger charge is -2.34. The van der Waals surface area contributed by atoms with E-state index in [-0.39, 0.29) is 30.1 Å². The smallest absolute Gasteiger partial charge is 0.251 e. The maximum Gasteiger partial charge on any atom is 0.251 e. The molecule has 1 unspecified atom stereocenters. The Kier molecular flexibility index (Phi) is 5.68. The maximum atomic E-state index is 13.1. The number of anilines is 2. The summed E-state index contributed by atoms with van der Waals surface area (Å²) < 4.78 is 0. The average Bonchev–Trinajstić information content (AvgIpc) is 3.03. The normalized spacial score (nSPS) is 20.6. The predicted molar refractivity (Wildman–Crippen MR) is 116 cm³/mol. The van der Waals surface area contributed by atoms with Crippen LogP contribution in [-0.4, -0.2) is 41.8 Å². The van der Waals surface area contributed by atoms with E-state index >= 15 is 0 Å². The molecule has 0 bridgehead atoms. The summed E-state index contributed by atoms with van der Waals surface area (Å²) in [4.78, 5) is 41.7. The van der Waals surface area contributed by atoms with Crippen molar-refractivity contribution in [3.63, 3.8) is 0 Å². The first-order valence-electron chi connectivity index (χ1n) is 10.5. The Morgan fingerprint density at radius 2 is 1.70 bits per heavy atom. The molecular formula is C24H27N3O3. The minimum atomic E-state index is -0.434. The molecule has 2 fully saturated rings. The van der Waals surface area contributed by atoms with E-state index in [4.69, 9.17) is 0 Å². The zero-order valence-electron chi connectivity index (χ0n) is 17.4. The Labute approximate surface area is 176 Å². The quantitative estimate of drug-likeness (QED) is 0.793. The van der Waals surface area contributed by atoms with Crippen molar-refractivity contribution >= 4 is 29.1 Å². The van der Waals surface area contributed by atoms with Gasteiger partial charge in [0.05, 0.1) is 18.2 Å². The molecule has 30 heavy (non-hydrogen) atoms. The summed E-state index contributed by atoms with van der Waals surface area (Å²) in [7, 11) is 0. The molecule has 2 aromatic carbocycles. The molecule has 2 aromatic rings. The molecule has 1 atom stereocenters. The molecule has 1 N–H and O–H groups in total. The number of benzene rings is 2. The molecule has 2 aliphatic heterocycles. The van der Waals surface area contributed by atoms with Crippen molar-refractivity contribution in [2.45, 2.75) is 39.2 Å². The lowest BCUT2D eigenvalue weighted by Crippen LogP contribution is -2.47. The van der Waals surface area contributed by atoms with Crippen molar-refractivity contribution in [1.82, 2.24) is 4.90 Å². The monoisotopic (exact) mass is 405 g/mol. The van der Waals surface area contributed by atoms with Gasteiger partial charge in [0.2, 0.25) is 11.8 Å². The molecular weight excluding hydrogens is 378 g/mol. The van der Waals surface area contributed by atoms with Gasteiger partial charge >= 0.3 is 0 Å². The molecule has 6 nitrogen and oxygen atoms in total. The number of amides is 3. The van der Waals surface area contributed by atoms with Crippen LogP contribution < -0.4 is 10.2 Å². The first-order valence-corrected chi connectivity index (χ1v) is 10.5. The third-order valence-corrected chi connectivity index (χ3v) is 6.10. The van der Waals surface area contributed by atoms with Gasteiger partial charge in [0.1, 0.15) is 0 Å². The number of imide groups is 1. The lowest BCUT2D eigenvalue weighted by molar-refractivity contribution is -0.123. The van der Waals surface area contributed by atoms with Gasteiger partial charge in [0, 0.05) is 11.6 Å². The van der Waals surface area contributed by atoms with Crippen LogP contribution in [0.3, 0.4) is 0 Å². The van der Waals surface area contributed by atoms with Crippen molar-refractivity contribution in [1.29, 1.82) is 0 Å². The Morgan fingerprint density at radius 3 is 2.37 bits per heavy atom. The van der Waals surface area contributed by atoms with Gasteiger partial charge in [-0.1, -0.05) is 35.9 Å². The largest absolute Gasteiger partial charge is 0.326 e. The maximum absolute atomic E-state index is 13.1. The number of carbonyl (C=O) groups is 3. The van der Waals surface area contributed by atoms with Crippen molar-refractivity contribution in [3.05, 3.63) is 59.7 Å². The number of likely N-dealkylation sites (tertiary alicyclic amines) is 1. The fraction of sp³-hybridized carbons (Fsp3) is 0.375. The summed E-state index contributed by atoms with van der Waals surface area (Å²) in [5.74, 6) is -0.365. The summed E-state index contributed by atoms with van der Waals surface area (Å²) in [6.45, 7) is 5.19. The third-order valence-electron chi connectivity index (χ3n) is 6.10. The molecule has 0 spiro atoms. The SMILES string of the molecule is Cc1ccc(N2C(=O)CC(N3CCC(C(=O)Nc4ccccc4)CC3)C2=O)c(C)c1. The third kappa shape index (κ3) is 4.00. The molecule has 2 heterocycles. The molecule has 0 aromatic heterocycles. The van der Waals surface area contributed by atoms with Crippen LogP contribution in [0.1, 0.15) is 30.4 Å².